The van der Waals surface area contributed by atoms with Gasteiger partial charge >= 0.3 is 5.88 Å². The number of aliphatic hydroxyl groups is 1. The lowest BCUT2D eigenvalue weighted by atomic mass is 9.91. The van der Waals surface area contributed by atoms with Crippen LogP contribution in [-0.2, 0) is 0 Å². The molecular formula is C26H26NO+. The van der Waals surface area contributed by atoms with Gasteiger partial charge in [0, 0.05) is 5.56 Å². The van der Waals surface area contributed by atoms with Gasteiger partial charge in [-0.1, -0.05) is 85.8 Å². The van der Waals surface area contributed by atoms with Crippen LogP contribution in [0.1, 0.15) is 30.0 Å². The maximum absolute atomic E-state index is 11.6. The Labute approximate surface area is 167 Å². The van der Waals surface area contributed by atoms with Gasteiger partial charge in [-0.2, -0.15) is 0 Å². The Balaban J connectivity index is 2.09. The van der Waals surface area contributed by atoms with E-state index in [0.29, 0.717) is 10.4 Å². The minimum Gasteiger partial charge on any atom is -0.467 e. The number of benzene rings is 3. The van der Waals surface area contributed by atoms with Crippen LogP contribution in [0.25, 0.3) is 16.8 Å². The first-order valence-electron chi connectivity index (χ1n) is 9.87. The average molecular weight is 369 g/mol. The zero-order valence-corrected chi connectivity index (χ0v) is 16.5. The summed E-state index contributed by atoms with van der Waals surface area (Å²) in [6, 6.07) is 31.1. The van der Waals surface area contributed by atoms with E-state index in [1.807, 2.05) is 30.3 Å². The van der Waals surface area contributed by atoms with Gasteiger partial charge in [0.15, 0.2) is 5.70 Å². The highest BCUT2D eigenvalue weighted by molar-refractivity contribution is 6.16. The molecule has 28 heavy (non-hydrogen) atoms. The molecule has 0 bridgehead atoms. The number of aliphatic hydroxyl groups excluding tert-OH is 1. The third-order valence-electron chi connectivity index (χ3n) is 5.51. The van der Waals surface area contributed by atoms with Gasteiger partial charge in [-0.15, -0.1) is 0 Å². The van der Waals surface area contributed by atoms with E-state index in [-0.39, 0.29) is 0 Å². The molecule has 3 aromatic carbocycles. The molecule has 1 atom stereocenters. The molecule has 0 radical (unpaired) electrons. The SMILES string of the molecule is CCC[N+]1(C)C(O)=C(c2ccccc2)C(c2ccccc2)=C1c1ccccc1. The lowest BCUT2D eigenvalue weighted by Gasteiger charge is -2.31. The molecule has 140 valence electrons. The fourth-order valence-corrected chi connectivity index (χ4v) is 4.28. The lowest BCUT2D eigenvalue weighted by Crippen LogP contribution is -2.40. The third-order valence-corrected chi connectivity index (χ3v) is 5.51. The summed E-state index contributed by atoms with van der Waals surface area (Å²) >= 11 is 0. The summed E-state index contributed by atoms with van der Waals surface area (Å²) < 4.78 is 0.412. The van der Waals surface area contributed by atoms with Gasteiger partial charge in [-0.05, 0) is 29.7 Å². The van der Waals surface area contributed by atoms with Crippen molar-refractivity contribution in [2.24, 2.45) is 0 Å². The van der Waals surface area contributed by atoms with E-state index in [0.717, 1.165) is 46.5 Å². The van der Waals surface area contributed by atoms with Crippen molar-refractivity contribution in [1.29, 1.82) is 0 Å². The highest BCUT2D eigenvalue weighted by Gasteiger charge is 2.46. The Bertz CT molecular complexity index is 1020. The minimum atomic E-state index is 0.412. The van der Waals surface area contributed by atoms with E-state index < -0.39 is 0 Å². The number of allylic oxidation sites excluding steroid dienone is 2. The minimum absolute atomic E-state index is 0.412. The second-order valence-electron chi connectivity index (χ2n) is 7.44. The summed E-state index contributed by atoms with van der Waals surface area (Å²) in [6.45, 7) is 3.00. The standard InChI is InChI=1S/C26H25NO/c1-3-19-27(2)25(22-17-11-6-12-18-22)23(20-13-7-4-8-14-20)24(26(27)28)21-15-9-5-10-16-21/h4-18H,3,19H2,1-2H3/p+1. The van der Waals surface area contributed by atoms with Crippen molar-refractivity contribution in [2.75, 3.05) is 13.6 Å². The quantitative estimate of drug-likeness (QED) is 0.520. The van der Waals surface area contributed by atoms with Gasteiger partial charge in [-0.3, -0.25) is 0 Å². The summed E-state index contributed by atoms with van der Waals surface area (Å²) in [4.78, 5) is 0. The topological polar surface area (TPSA) is 20.2 Å². The van der Waals surface area contributed by atoms with Crippen LogP contribution in [0.2, 0.25) is 0 Å². The number of nitrogens with zero attached hydrogens (tertiary/aromatic N) is 1. The van der Waals surface area contributed by atoms with Crippen molar-refractivity contribution in [2.45, 2.75) is 13.3 Å². The number of quaternary nitrogens is 1. The zero-order valence-electron chi connectivity index (χ0n) is 16.5. The maximum Gasteiger partial charge on any atom is 0.302 e. The molecule has 0 fully saturated rings. The van der Waals surface area contributed by atoms with Crippen molar-refractivity contribution in [3.63, 3.8) is 0 Å². The van der Waals surface area contributed by atoms with Gasteiger partial charge in [0.05, 0.1) is 24.7 Å². The van der Waals surface area contributed by atoms with Crippen LogP contribution in [0.3, 0.4) is 0 Å². The molecular weight excluding hydrogens is 342 g/mol. The van der Waals surface area contributed by atoms with Crippen molar-refractivity contribution in [3.8, 4) is 0 Å². The normalized spacial score (nSPS) is 19.4. The average Bonchev–Trinajstić information content (AvgIpc) is 2.97. The van der Waals surface area contributed by atoms with E-state index >= 15 is 0 Å². The molecule has 2 heteroatoms. The number of hydrogen-bond donors (Lipinski definition) is 1. The predicted octanol–water partition coefficient (Wildman–Crippen LogP) is 6.35. The largest absolute Gasteiger partial charge is 0.467 e. The molecule has 4 rings (SSSR count). The Morgan fingerprint density at radius 3 is 1.54 bits per heavy atom. The molecule has 0 spiro atoms. The van der Waals surface area contributed by atoms with E-state index in [2.05, 4.69) is 74.6 Å². The molecule has 0 aromatic heterocycles. The van der Waals surface area contributed by atoms with Crippen LogP contribution in [0.4, 0.5) is 0 Å². The Morgan fingerprint density at radius 1 is 0.643 bits per heavy atom. The first kappa shape index (κ1) is 18.3. The van der Waals surface area contributed by atoms with Crippen molar-refractivity contribution >= 4 is 16.8 Å². The number of rotatable bonds is 5. The van der Waals surface area contributed by atoms with E-state index in [1.54, 1.807) is 0 Å². The molecule has 0 aliphatic carbocycles. The number of hydrogen-bond acceptors (Lipinski definition) is 1. The van der Waals surface area contributed by atoms with Crippen LogP contribution < -0.4 is 0 Å². The predicted molar refractivity (Wildman–Crippen MR) is 117 cm³/mol. The molecule has 1 unspecified atom stereocenters. The van der Waals surface area contributed by atoms with Gasteiger partial charge in [0.25, 0.3) is 0 Å². The van der Waals surface area contributed by atoms with Crippen molar-refractivity contribution in [3.05, 3.63) is 114 Å². The molecule has 1 N–H and O–H groups in total. The van der Waals surface area contributed by atoms with E-state index in [1.165, 1.54) is 0 Å². The molecule has 0 amide bonds. The van der Waals surface area contributed by atoms with Gasteiger partial charge in [0.2, 0.25) is 0 Å². The molecule has 3 aromatic rings. The fourth-order valence-electron chi connectivity index (χ4n) is 4.28. The summed E-state index contributed by atoms with van der Waals surface area (Å²) in [5.74, 6) is 0.422. The first-order chi connectivity index (χ1) is 13.7. The van der Waals surface area contributed by atoms with Crippen molar-refractivity contribution < 1.29 is 9.59 Å². The highest BCUT2D eigenvalue weighted by Crippen LogP contribution is 2.51. The van der Waals surface area contributed by atoms with Crippen LogP contribution >= 0.6 is 0 Å². The smallest absolute Gasteiger partial charge is 0.302 e. The van der Waals surface area contributed by atoms with Crippen LogP contribution in [0.5, 0.6) is 0 Å². The summed E-state index contributed by atoms with van der Waals surface area (Å²) in [6.07, 6.45) is 0.973. The molecule has 1 aliphatic rings. The summed E-state index contributed by atoms with van der Waals surface area (Å²) in [5, 5.41) is 11.6. The van der Waals surface area contributed by atoms with Crippen LogP contribution in [-0.4, -0.2) is 23.2 Å². The highest BCUT2D eigenvalue weighted by atomic mass is 16.3. The molecule has 1 heterocycles. The van der Waals surface area contributed by atoms with E-state index in [4.69, 9.17) is 0 Å². The lowest BCUT2D eigenvalue weighted by molar-refractivity contribution is -0.813. The van der Waals surface area contributed by atoms with E-state index in [9.17, 15) is 5.11 Å². The van der Waals surface area contributed by atoms with Crippen LogP contribution in [0, 0.1) is 0 Å². The van der Waals surface area contributed by atoms with Gasteiger partial charge in [-0.25, -0.2) is 4.48 Å². The van der Waals surface area contributed by atoms with Crippen LogP contribution in [0.15, 0.2) is 96.9 Å². The van der Waals surface area contributed by atoms with Crippen molar-refractivity contribution in [1.82, 2.24) is 0 Å². The molecule has 0 saturated heterocycles. The monoisotopic (exact) mass is 368 g/mol. The molecule has 1 aliphatic heterocycles. The Kier molecular flexibility index (Phi) is 4.89. The fraction of sp³-hybridized carbons (Fsp3) is 0.154. The van der Waals surface area contributed by atoms with Gasteiger partial charge in [0.1, 0.15) is 0 Å². The van der Waals surface area contributed by atoms with Gasteiger partial charge < -0.3 is 5.11 Å². The third kappa shape index (κ3) is 2.96. The second kappa shape index (κ2) is 7.49. The Hall–Kier alpha value is -3.10. The summed E-state index contributed by atoms with van der Waals surface area (Å²) in [5.41, 5.74) is 6.53. The zero-order chi connectivity index (χ0) is 19.6. The molecule has 2 nitrogen and oxygen atoms in total. The molecule has 0 saturated carbocycles. The second-order valence-corrected chi connectivity index (χ2v) is 7.44. The first-order valence-corrected chi connectivity index (χ1v) is 9.87. The summed E-state index contributed by atoms with van der Waals surface area (Å²) in [7, 11) is 2.13. The maximum atomic E-state index is 11.6. The Morgan fingerprint density at radius 2 is 1.07 bits per heavy atom.